The zero-order chi connectivity index (χ0) is 13.1. The summed E-state index contributed by atoms with van der Waals surface area (Å²) < 4.78 is 3.28. The summed E-state index contributed by atoms with van der Waals surface area (Å²) in [4.78, 5) is 11.7. The molecule has 2 aromatic heterocycles. The van der Waals surface area contributed by atoms with Crippen LogP contribution in [0.1, 0.15) is 11.4 Å². The Kier molecular flexibility index (Phi) is 3.66. The molecule has 0 bridgehead atoms. The van der Waals surface area contributed by atoms with Crippen LogP contribution in [0.5, 0.6) is 0 Å². The number of hydrogen-bond acceptors (Lipinski definition) is 3. The third kappa shape index (κ3) is 2.70. The molecule has 0 fully saturated rings. The minimum atomic E-state index is -0.112. The van der Waals surface area contributed by atoms with Crippen molar-refractivity contribution in [3.8, 4) is 0 Å². The number of nitrogens with zero attached hydrogens (tertiary/aromatic N) is 4. The van der Waals surface area contributed by atoms with E-state index in [1.54, 1.807) is 28.8 Å². The molecule has 0 spiro atoms. The Bertz CT molecular complexity index is 540. The Morgan fingerprint density at radius 3 is 2.83 bits per heavy atom. The standard InChI is InChI=1S/C11H14ClN5O/c1-8-3-4-14-17(8)7-11(18)13-6-10-9(12)5-15-16(10)2/h3-5H,6-7H2,1-2H3,(H,13,18). The normalized spacial score (nSPS) is 10.6. The average Bonchev–Trinajstić information content (AvgIpc) is 2.85. The van der Waals surface area contributed by atoms with E-state index in [2.05, 4.69) is 15.5 Å². The molecule has 96 valence electrons. The lowest BCUT2D eigenvalue weighted by atomic mass is 10.4. The number of aryl methyl sites for hydroxylation is 2. The summed E-state index contributed by atoms with van der Waals surface area (Å²) in [6.45, 7) is 2.46. The van der Waals surface area contributed by atoms with E-state index in [0.29, 0.717) is 11.6 Å². The van der Waals surface area contributed by atoms with Crippen LogP contribution in [0.2, 0.25) is 5.02 Å². The molecule has 0 aliphatic carbocycles. The van der Waals surface area contributed by atoms with Gasteiger partial charge in [-0.15, -0.1) is 0 Å². The molecular weight excluding hydrogens is 254 g/mol. The summed E-state index contributed by atoms with van der Waals surface area (Å²) >= 11 is 5.94. The number of amides is 1. The smallest absolute Gasteiger partial charge is 0.242 e. The van der Waals surface area contributed by atoms with Gasteiger partial charge in [-0.3, -0.25) is 14.2 Å². The molecular formula is C11H14ClN5O. The Hall–Kier alpha value is -1.82. The quantitative estimate of drug-likeness (QED) is 0.895. The molecule has 2 rings (SSSR count). The van der Waals surface area contributed by atoms with Crippen molar-refractivity contribution in [1.29, 1.82) is 0 Å². The third-order valence-electron chi connectivity index (χ3n) is 2.69. The van der Waals surface area contributed by atoms with Crippen molar-refractivity contribution in [2.75, 3.05) is 0 Å². The molecule has 0 aromatic carbocycles. The zero-order valence-corrected chi connectivity index (χ0v) is 11.0. The second-order valence-corrected chi connectivity index (χ2v) is 4.38. The van der Waals surface area contributed by atoms with Gasteiger partial charge >= 0.3 is 0 Å². The van der Waals surface area contributed by atoms with Gasteiger partial charge in [0.2, 0.25) is 5.91 Å². The topological polar surface area (TPSA) is 64.7 Å². The van der Waals surface area contributed by atoms with Gasteiger partial charge in [0.1, 0.15) is 6.54 Å². The lowest BCUT2D eigenvalue weighted by molar-refractivity contribution is -0.122. The van der Waals surface area contributed by atoms with E-state index in [1.165, 1.54) is 0 Å². The molecule has 0 atom stereocenters. The van der Waals surface area contributed by atoms with E-state index in [9.17, 15) is 4.79 Å². The number of carbonyl (C=O) groups is 1. The maximum absolute atomic E-state index is 11.7. The summed E-state index contributed by atoms with van der Waals surface area (Å²) in [6, 6.07) is 1.85. The van der Waals surface area contributed by atoms with Crippen LogP contribution < -0.4 is 5.32 Å². The van der Waals surface area contributed by atoms with Gasteiger partial charge < -0.3 is 5.32 Å². The van der Waals surface area contributed by atoms with Crippen LogP contribution in [0.25, 0.3) is 0 Å². The summed E-state index contributed by atoms with van der Waals surface area (Å²) in [5, 5.41) is 11.4. The Morgan fingerprint density at radius 2 is 2.28 bits per heavy atom. The van der Waals surface area contributed by atoms with E-state index >= 15 is 0 Å². The fourth-order valence-corrected chi connectivity index (χ4v) is 1.81. The van der Waals surface area contributed by atoms with Gasteiger partial charge in [0.05, 0.1) is 23.5 Å². The molecule has 1 N–H and O–H groups in total. The molecule has 6 nitrogen and oxygen atoms in total. The average molecular weight is 268 g/mol. The molecule has 7 heteroatoms. The van der Waals surface area contributed by atoms with Gasteiger partial charge in [0, 0.05) is 18.9 Å². The van der Waals surface area contributed by atoms with Crippen LogP contribution in [-0.4, -0.2) is 25.5 Å². The van der Waals surface area contributed by atoms with Crippen LogP contribution in [0.15, 0.2) is 18.5 Å². The lowest BCUT2D eigenvalue weighted by Crippen LogP contribution is -2.28. The number of rotatable bonds is 4. The first-order valence-corrected chi connectivity index (χ1v) is 5.87. The molecule has 0 unspecified atom stereocenters. The highest BCUT2D eigenvalue weighted by molar-refractivity contribution is 6.31. The summed E-state index contributed by atoms with van der Waals surface area (Å²) in [5.74, 6) is -0.112. The zero-order valence-electron chi connectivity index (χ0n) is 10.2. The van der Waals surface area contributed by atoms with Crippen LogP contribution in [0.3, 0.4) is 0 Å². The minimum Gasteiger partial charge on any atom is -0.349 e. The Labute approximate surface area is 110 Å². The molecule has 0 radical (unpaired) electrons. The highest BCUT2D eigenvalue weighted by atomic mass is 35.5. The largest absolute Gasteiger partial charge is 0.349 e. The second kappa shape index (κ2) is 5.22. The number of hydrogen-bond donors (Lipinski definition) is 1. The van der Waals surface area contributed by atoms with Crippen molar-refractivity contribution in [1.82, 2.24) is 24.9 Å². The predicted molar refractivity (Wildman–Crippen MR) is 67.0 cm³/mol. The monoisotopic (exact) mass is 267 g/mol. The van der Waals surface area contributed by atoms with Gasteiger partial charge in [-0.25, -0.2) is 0 Å². The van der Waals surface area contributed by atoms with Crippen molar-refractivity contribution >= 4 is 17.5 Å². The van der Waals surface area contributed by atoms with Gasteiger partial charge in [0.25, 0.3) is 0 Å². The maximum atomic E-state index is 11.7. The third-order valence-corrected chi connectivity index (χ3v) is 3.00. The van der Waals surface area contributed by atoms with Gasteiger partial charge in [0.15, 0.2) is 0 Å². The van der Waals surface area contributed by atoms with Crippen molar-refractivity contribution < 1.29 is 4.79 Å². The van der Waals surface area contributed by atoms with Gasteiger partial charge in [-0.05, 0) is 13.0 Å². The van der Waals surface area contributed by atoms with E-state index in [0.717, 1.165) is 11.4 Å². The van der Waals surface area contributed by atoms with Crippen LogP contribution in [0, 0.1) is 6.92 Å². The van der Waals surface area contributed by atoms with E-state index in [-0.39, 0.29) is 12.5 Å². The fourth-order valence-electron chi connectivity index (χ4n) is 1.57. The van der Waals surface area contributed by atoms with E-state index in [1.807, 2.05) is 13.0 Å². The number of carbonyl (C=O) groups excluding carboxylic acids is 1. The number of aromatic nitrogens is 4. The predicted octanol–water partition coefficient (Wildman–Crippen LogP) is 0.895. The lowest BCUT2D eigenvalue weighted by Gasteiger charge is -2.07. The minimum absolute atomic E-state index is 0.112. The second-order valence-electron chi connectivity index (χ2n) is 3.97. The van der Waals surface area contributed by atoms with Crippen LogP contribution in [0.4, 0.5) is 0 Å². The first kappa shape index (κ1) is 12.6. The molecule has 2 aromatic rings. The van der Waals surface area contributed by atoms with Gasteiger partial charge in [-0.2, -0.15) is 10.2 Å². The summed E-state index contributed by atoms with van der Waals surface area (Å²) in [6.07, 6.45) is 3.22. The van der Waals surface area contributed by atoms with Crippen LogP contribution >= 0.6 is 11.6 Å². The SMILES string of the molecule is Cc1ccnn1CC(=O)NCc1c(Cl)cnn1C. The maximum Gasteiger partial charge on any atom is 0.242 e. The molecule has 0 aliphatic heterocycles. The first-order valence-electron chi connectivity index (χ1n) is 5.49. The van der Waals surface area contributed by atoms with E-state index in [4.69, 9.17) is 11.6 Å². The molecule has 2 heterocycles. The van der Waals surface area contributed by atoms with Crippen molar-refractivity contribution in [3.63, 3.8) is 0 Å². The summed E-state index contributed by atoms with van der Waals surface area (Å²) in [7, 11) is 1.78. The molecule has 0 saturated heterocycles. The molecule has 1 amide bonds. The van der Waals surface area contributed by atoms with Gasteiger partial charge in [-0.1, -0.05) is 11.6 Å². The summed E-state index contributed by atoms with van der Waals surface area (Å²) in [5.41, 5.74) is 1.73. The Balaban J connectivity index is 1.91. The Morgan fingerprint density at radius 1 is 1.50 bits per heavy atom. The molecule has 0 aliphatic rings. The van der Waals surface area contributed by atoms with Crippen molar-refractivity contribution in [2.45, 2.75) is 20.0 Å². The van der Waals surface area contributed by atoms with Crippen LogP contribution in [-0.2, 0) is 24.9 Å². The molecule has 0 saturated carbocycles. The number of halogens is 1. The highest BCUT2D eigenvalue weighted by Crippen LogP contribution is 2.13. The van der Waals surface area contributed by atoms with Crippen molar-refractivity contribution in [3.05, 3.63) is 34.9 Å². The first-order chi connectivity index (χ1) is 8.58. The van der Waals surface area contributed by atoms with Crippen molar-refractivity contribution in [2.24, 2.45) is 7.05 Å². The number of nitrogens with one attached hydrogen (secondary N) is 1. The fraction of sp³-hybridized carbons (Fsp3) is 0.364. The van der Waals surface area contributed by atoms with E-state index < -0.39 is 0 Å². The molecule has 18 heavy (non-hydrogen) atoms. The highest BCUT2D eigenvalue weighted by Gasteiger charge is 2.09.